The molecule has 1 amide bonds. The molecular weight excluding hydrogens is 273 g/mol. The van der Waals surface area contributed by atoms with Gasteiger partial charge in [0.1, 0.15) is 0 Å². The lowest BCUT2D eigenvalue weighted by molar-refractivity contribution is 0.102. The molecule has 4 nitrogen and oxygen atoms in total. The number of amides is 1. The van der Waals surface area contributed by atoms with Gasteiger partial charge >= 0.3 is 0 Å². The van der Waals surface area contributed by atoms with Crippen molar-refractivity contribution in [2.24, 2.45) is 0 Å². The summed E-state index contributed by atoms with van der Waals surface area (Å²) in [5, 5.41) is 11.5. The van der Waals surface area contributed by atoms with Gasteiger partial charge in [-0.3, -0.25) is 4.79 Å². The number of nitrogens with one attached hydrogen (secondary N) is 1. The highest BCUT2D eigenvalue weighted by atomic mass is 19.1. The smallest absolute Gasteiger partial charge is 0.255 e. The van der Waals surface area contributed by atoms with Gasteiger partial charge in [0.2, 0.25) is 0 Å². The molecule has 0 saturated heterocycles. The van der Waals surface area contributed by atoms with Gasteiger partial charge in [-0.15, -0.1) is 0 Å². The van der Waals surface area contributed by atoms with Crippen LogP contribution in [0.1, 0.15) is 15.9 Å². The van der Waals surface area contributed by atoms with E-state index < -0.39 is 11.7 Å². The number of benzene rings is 2. The Morgan fingerprint density at radius 2 is 1.95 bits per heavy atom. The van der Waals surface area contributed by atoms with E-state index in [4.69, 9.17) is 9.84 Å². The molecular formula is C16H16FNO3. The van der Waals surface area contributed by atoms with E-state index in [0.717, 1.165) is 11.6 Å². The standard InChI is InChI=1S/C16H16FNO3/c1-21-15-7-4-12(10-14(15)17)16(20)18-13-5-2-11(3-6-13)8-9-19/h2-7,10,19H,8-9H2,1H3,(H,18,20). The first kappa shape index (κ1) is 15.0. The van der Waals surface area contributed by atoms with Crippen LogP contribution in [0.15, 0.2) is 42.5 Å². The molecule has 2 aromatic carbocycles. The number of hydrogen-bond donors (Lipinski definition) is 2. The SMILES string of the molecule is COc1ccc(C(=O)Nc2ccc(CCO)cc2)cc1F. The van der Waals surface area contributed by atoms with Gasteiger partial charge in [-0.2, -0.15) is 0 Å². The summed E-state index contributed by atoms with van der Waals surface area (Å²) in [5.74, 6) is -0.880. The van der Waals surface area contributed by atoms with E-state index in [-0.39, 0.29) is 17.9 Å². The molecule has 0 aliphatic carbocycles. The van der Waals surface area contributed by atoms with Crippen LogP contribution in [0, 0.1) is 5.82 Å². The van der Waals surface area contributed by atoms with Crippen molar-refractivity contribution in [1.29, 1.82) is 0 Å². The van der Waals surface area contributed by atoms with E-state index in [2.05, 4.69) is 5.32 Å². The Kier molecular flexibility index (Phi) is 4.90. The molecule has 0 radical (unpaired) electrons. The molecule has 5 heteroatoms. The molecule has 2 rings (SSSR count). The summed E-state index contributed by atoms with van der Waals surface area (Å²) < 4.78 is 18.4. The Morgan fingerprint density at radius 1 is 1.24 bits per heavy atom. The average Bonchev–Trinajstić information content (AvgIpc) is 2.49. The van der Waals surface area contributed by atoms with Crippen LogP contribution in [-0.2, 0) is 6.42 Å². The van der Waals surface area contributed by atoms with Crippen LogP contribution in [0.2, 0.25) is 0 Å². The number of carbonyl (C=O) groups is 1. The van der Waals surface area contributed by atoms with Crippen molar-refractivity contribution >= 4 is 11.6 Å². The van der Waals surface area contributed by atoms with Crippen LogP contribution in [0.4, 0.5) is 10.1 Å². The second-order valence-electron chi connectivity index (χ2n) is 4.47. The van der Waals surface area contributed by atoms with E-state index >= 15 is 0 Å². The summed E-state index contributed by atoms with van der Waals surface area (Å²) in [6, 6.07) is 11.2. The number of carbonyl (C=O) groups excluding carboxylic acids is 1. The average molecular weight is 289 g/mol. The molecule has 0 bridgehead atoms. The summed E-state index contributed by atoms with van der Waals surface area (Å²) in [6.07, 6.45) is 0.567. The predicted octanol–water partition coefficient (Wildman–Crippen LogP) is 2.62. The molecule has 0 spiro atoms. The number of halogens is 1. The molecule has 0 aliphatic heterocycles. The Bertz CT molecular complexity index is 626. The van der Waals surface area contributed by atoms with Crippen molar-refractivity contribution in [3.8, 4) is 5.75 Å². The van der Waals surface area contributed by atoms with Gasteiger partial charge < -0.3 is 15.2 Å². The number of anilines is 1. The lowest BCUT2D eigenvalue weighted by Crippen LogP contribution is -2.12. The lowest BCUT2D eigenvalue weighted by Gasteiger charge is -2.08. The number of hydrogen-bond acceptors (Lipinski definition) is 3. The Morgan fingerprint density at radius 3 is 2.52 bits per heavy atom. The third-order valence-electron chi connectivity index (χ3n) is 3.03. The first-order valence-corrected chi connectivity index (χ1v) is 6.48. The van der Waals surface area contributed by atoms with Crippen LogP contribution in [0.5, 0.6) is 5.75 Å². The molecule has 110 valence electrons. The first-order chi connectivity index (χ1) is 10.1. The summed E-state index contributed by atoms with van der Waals surface area (Å²) in [6.45, 7) is 0.0802. The fourth-order valence-corrected chi connectivity index (χ4v) is 1.89. The van der Waals surface area contributed by atoms with E-state index in [1.807, 2.05) is 12.1 Å². The molecule has 2 aromatic rings. The number of rotatable bonds is 5. The first-order valence-electron chi connectivity index (χ1n) is 6.48. The summed E-state index contributed by atoms with van der Waals surface area (Å²) in [4.78, 5) is 12.0. The second-order valence-corrected chi connectivity index (χ2v) is 4.47. The normalized spacial score (nSPS) is 10.2. The van der Waals surface area contributed by atoms with Crippen molar-refractivity contribution < 1.29 is 19.0 Å². The zero-order chi connectivity index (χ0) is 15.2. The predicted molar refractivity (Wildman–Crippen MR) is 78.1 cm³/mol. The van der Waals surface area contributed by atoms with Crippen LogP contribution in [-0.4, -0.2) is 24.7 Å². The topological polar surface area (TPSA) is 58.6 Å². The maximum absolute atomic E-state index is 13.6. The van der Waals surface area contributed by atoms with Crippen molar-refractivity contribution in [3.63, 3.8) is 0 Å². The molecule has 0 aromatic heterocycles. The van der Waals surface area contributed by atoms with Crippen molar-refractivity contribution in [2.45, 2.75) is 6.42 Å². The fourth-order valence-electron chi connectivity index (χ4n) is 1.89. The quantitative estimate of drug-likeness (QED) is 0.889. The van der Waals surface area contributed by atoms with Crippen LogP contribution in [0.3, 0.4) is 0 Å². The molecule has 0 unspecified atom stereocenters. The summed E-state index contributed by atoms with van der Waals surface area (Å²) in [7, 11) is 1.37. The largest absolute Gasteiger partial charge is 0.494 e. The van der Waals surface area contributed by atoms with E-state index in [1.165, 1.54) is 19.2 Å². The highest BCUT2D eigenvalue weighted by molar-refractivity contribution is 6.04. The minimum Gasteiger partial charge on any atom is -0.494 e. The second kappa shape index (κ2) is 6.85. The van der Waals surface area contributed by atoms with Crippen LogP contribution < -0.4 is 10.1 Å². The minimum atomic E-state index is -0.580. The number of aliphatic hydroxyl groups is 1. The van der Waals surface area contributed by atoms with Crippen molar-refractivity contribution in [2.75, 3.05) is 19.0 Å². The molecule has 21 heavy (non-hydrogen) atoms. The molecule has 0 heterocycles. The highest BCUT2D eigenvalue weighted by Crippen LogP contribution is 2.19. The van der Waals surface area contributed by atoms with Gasteiger partial charge in [0.25, 0.3) is 5.91 Å². The van der Waals surface area contributed by atoms with Crippen molar-refractivity contribution in [1.82, 2.24) is 0 Å². The number of aliphatic hydroxyl groups excluding tert-OH is 1. The maximum Gasteiger partial charge on any atom is 0.255 e. The molecule has 2 N–H and O–H groups in total. The molecule has 0 saturated carbocycles. The van der Waals surface area contributed by atoms with E-state index in [9.17, 15) is 9.18 Å². The van der Waals surface area contributed by atoms with Gasteiger partial charge in [-0.25, -0.2) is 4.39 Å². The fraction of sp³-hybridized carbons (Fsp3) is 0.188. The third kappa shape index (κ3) is 3.79. The third-order valence-corrected chi connectivity index (χ3v) is 3.03. The maximum atomic E-state index is 13.6. The Hall–Kier alpha value is -2.40. The molecule has 0 aliphatic rings. The Labute approximate surface area is 122 Å². The zero-order valence-corrected chi connectivity index (χ0v) is 11.6. The zero-order valence-electron chi connectivity index (χ0n) is 11.6. The minimum absolute atomic E-state index is 0.0802. The van der Waals surface area contributed by atoms with Crippen LogP contribution in [0.25, 0.3) is 0 Å². The van der Waals surface area contributed by atoms with Crippen molar-refractivity contribution in [3.05, 3.63) is 59.4 Å². The number of methoxy groups -OCH3 is 1. The lowest BCUT2D eigenvalue weighted by atomic mass is 10.1. The van der Waals surface area contributed by atoms with E-state index in [1.54, 1.807) is 12.1 Å². The van der Waals surface area contributed by atoms with Gasteiger partial charge in [0.05, 0.1) is 7.11 Å². The van der Waals surface area contributed by atoms with Crippen LogP contribution >= 0.6 is 0 Å². The summed E-state index contributed by atoms with van der Waals surface area (Å²) >= 11 is 0. The van der Waals surface area contributed by atoms with Gasteiger partial charge in [0.15, 0.2) is 11.6 Å². The Balaban J connectivity index is 2.08. The number of ether oxygens (including phenoxy) is 1. The highest BCUT2D eigenvalue weighted by Gasteiger charge is 2.10. The molecule has 0 fully saturated rings. The summed E-state index contributed by atoms with van der Waals surface area (Å²) in [5.41, 5.74) is 1.80. The van der Waals surface area contributed by atoms with E-state index in [0.29, 0.717) is 12.1 Å². The molecule has 0 atom stereocenters. The monoisotopic (exact) mass is 289 g/mol. The van der Waals surface area contributed by atoms with Gasteiger partial charge in [0, 0.05) is 17.9 Å². The van der Waals surface area contributed by atoms with Gasteiger partial charge in [-0.1, -0.05) is 12.1 Å². The van der Waals surface area contributed by atoms with Gasteiger partial charge in [-0.05, 0) is 42.3 Å².